The smallest absolute Gasteiger partial charge is 0.229 e. The molecular weight excluding hydrogens is 320 g/mol. The molecule has 0 aromatic carbocycles. The number of carbonyl (C=O) groups excluding carboxylic acids is 1. The minimum atomic E-state index is -0.354. The molecule has 0 radical (unpaired) electrons. The Morgan fingerprint density at radius 2 is 2.27 bits per heavy atom. The first-order valence-electron chi connectivity index (χ1n) is 7.82. The quantitative estimate of drug-likeness (QED) is 0.883. The Hall–Kier alpha value is -0.620. The number of amides is 1. The van der Waals surface area contributed by atoms with Gasteiger partial charge in [0.25, 0.3) is 0 Å². The van der Waals surface area contributed by atoms with Crippen LogP contribution in [0.3, 0.4) is 0 Å². The molecule has 2 N–H and O–H groups in total. The Morgan fingerprint density at radius 3 is 3.00 bits per heavy atom. The molecule has 0 bridgehead atoms. The summed E-state index contributed by atoms with van der Waals surface area (Å²) >= 11 is 1.82. The molecule has 1 aromatic heterocycles. The van der Waals surface area contributed by atoms with Crippen molar-refractivity contribution in [1.82, 2.24) is 10.6 Å². The molecule has 1 aliphatic carbocycles. The summed E-state index contributed by atoms with van der Waals surface area (Å²) in [6.45, 7) is 2.31. The van der Waals surface area contributed by atoms with Crippen molar-refractivity contribution in [1.29, 1.82) is 0 Å². The number of ether oxygens (including phenoxy) is 1. The van der Waals surface area contributed by atoms with E-state index in [0.29, 0.717) is 6.61 Å². The number of piperidine rings is 1. The number of halogens is 1. The number of hydrogen-bond donors (Lipinski definition) is 2. The maximum absolute atomic E-state index is 12.9. The Labute approximate surface area is 142 Å². The van der Waals surface area contributed by atoms with Gasteiger partial charge in [-0.2, -0.15) is 0 Å². The van der Waals surface area contributed by atoms with E-state index in [1.165, 1.54) is 10.4 Å². The second-order valence-electron chi connectivity index (χ2n) is 6.18. The molecule has 1 aliphatic heterocycles. The fourth-order valence-corrected chi connectivity index (χ4v) is 4.55. The van der Waals surface area contributed by atoms with Gasteiger partial charge in [0.15, 0.2) is 0 Å². The van der Waals surface area contributed by atoms with Gasteiger partial charge in [-0.25, -0.2) is 0 Å². The first kappa shape index (κ1) is 17.7. The van der Waals surface area contributed by atoms with E-state index < -0.39 is 0 Å². The van der Waals surface area contributed by atoms with E-state index >= 15 is 0 Å². The molecule has 1 unspecified atom stereocenters. The minimum absolute atomic E-state index is 0. The molecule has 22 heavy (non-hydrogen) atoms. The number of nitrogens with one attached hydrogen (secondary N) is 2. The molecule has 1 aromatic rings. The van der Waals surface area contributed by atoms with Gasteiger partial charge in [-0.3, -0.25) is 4.79 Å². The van der Waals surface area contributed by atoms with E-state index in [2.05, 4.69) is 22.1 Å². The van der Waals surface area contributed by atoms with Crippen molar-refractivity contribution >= 4 is 29.7 Å². The third kappa shape index (κ3) is 3.48. The normalized spacial score (nSPS) is 23.2. The summed E-state index contributed by atoms with van der Waals surface area (Å²) in [4.78, 5) is 14.3. The highest BCUT2D eigenvalue weighted by atomic mass is 35.5. The summed E-state index contributed by atoms with van der Waals surface area (Å²) in [5.41, 5.74) is 0.981. The second kappa shape index (κ2) is 7.77. The SMILES string of the molecule is COCC1(C(=O)NC2CCCc3sccc32)CCNCC1.Cl. The first-order valence-corrected chi connectivity index (χ1v) is 8.70. The van der Waals surface area contributed by atoms with Crippen molar-refractivity contribution in [2.45, 2.75) is 38.1 Å². The van der Waals surface area contributed by atoms with Crippen LogP contribution in [0.15, 0.2) is 11.4 Å². The number of fused-ring (bicyclic) bond motifs is 1. The molecule has 4 nitrogen and oxygen atoms in total. The lowest BCUT2D eigenvalue weighted by Crippen LogP contribution is -2.51. The molecule has 124 valence electrons. The van der Waals surface area contributed by atoms with Crippen LogP contribution in [0.5, 0.6) is 0 Å². The summed E-state index contributed by atoms with van der Waals surface area (Å²) in [5.74, 6) is 0.176. The highest BCUT2D eigenvalue weighted by Crippen LogP contribution is 2.35. The Kier molecular flexibility index (Phi) is 6.26. The third-order valence-electron chi connectivity index (χ3n) is 4.82. The molecule has 0 spiro atoms. The molecule has 2 aliphatic rings. The lowest BCUT2D eigenvalue weighted by molar-refractivity contribution is -0.137. The molecule has 1 saturated heterocycles. The first-order chi connectivity index (χ1) is 10.2. The van der Waals surface area contributed by atoms with Crippen molar-refractivity contribution in [3.8, 4) is 0 Å². The predicted molar refractivity (Wildman–Crippen MR) is 91.8 cm³/mol. The van der Waals surface area contributed by atoms with E-state index in [0.717, 1.165) is 45.2 Å². The topological polar surface area (TPSA) is 50.4 Å². The van der Waals surface area contributed by atoms with Crippen molar-refractivity contribution in [2.24, 2.45) is 5.41 Å². The van der Waals surface area contributed by atoms with E-state index in [9.17, 15) is 4.79 Å². The fraction of sp³-hybridized carbons (Fsp3) is 0.688. The van der Waals surface area contributed by atoms with Crippen LogP contribution in [0.25, 0.3) is 0 Å². The summed E-state index contributed by atoms with van der Waals surface area (Å²) in [5, 5.41) is 8.79. The average molecular weight is 345 g/mol. The maximum Gasteiger partial charge on any atom is 0.229 e. The monoisotopic (exact) mass is 344 g/mol. The van der Waals surface area contributed by atoms with Gasteiger partial charge in [-0.1, -0.05) is 0 Å². The molecule has 0 saturated carbocycles. The molecular formula is C16H25ClN2O2S. The minimum Gasteiger partial charge on any atom is -0.384 e. The van der Waals surface area contributed by atoms with Gasteiger partial charge in [0.2, 0.25) is 5.91 Å². The van der Waals surface area contributed by atoms with Gasteiger partial charge in [0.05, 0.1) is 18.1 Å². The number of aryl methyl sites for hydroxylation is 1. The zero-order valence-corrected chi connectivity index (χ0v) is 14.7. The molecule has 2 heterocycles. The number of thiophene rings is 1. The van der Waals surface area contributed by atoms with Crippen molar-refractivity contribution in [3.05, 3.63) is 21.9 Å². The van der Waals surface area contributed by atoms with Gasteiger partial charge in [-0.05, 0) is 62.2 Å². The van der Waals surface area contributed by atoms with E-state index in [4.69, 9.17) is 4.74 Å². The highest BCUT2D eigenvalue weighted by molar-refractivity contribution is 7.10. The van der Waals surface area contributed by atoms with Gasteiger partial charge in [0, 0.05) is 12.0 Å². The van der Waals surface area contributed by atoms with E-state index in [1.807, 2.05) is 11.3 Å². The number of rotatable bonds is 4. The van der Waals surface area contributed by atoms with Gasteiger partial charge in [0.1, 0.15) is 0 Å². The lowest BCUT2D eigenvalue weighted by Gasteiger charge is -2.37. The lowest BCUT2D eigenvalue weighted by atomic mass is 9.78. The molecule has 1 atom stereocenters. The summed E-state index contributed by atoms with van der Waals surface area (Å²) in [6, 6.07) is 2.37. The van der Waals surface area contributed by atoms with Crippen LogP contribution >= 0.6 is 23.7 Å². The summed E-state index contributed by atoms with van der Waals surface area (Å²) in [7, 11) is 1.69. The van der Waals surface area contributed by atoms with Crippen LogP contribution in [0, 0.1) is 5.41 Å². The largest absolute Gasteiger partial charge is 0.384 e. The maximum atomic E-state index is 12.9. The van der Waals surface area contributed by atoms with Gasteiger partial charge in [-0.15, -0.1) is 23.7 Å². The number of methoxy groups -OCH3 is 1. The van der Waals surface area contributed by atoms with E-state index in [-0.39, 0.29) is 29.8 Å². The Morgan fingerprint density at radius 1 is 1.50 bits per heavy atom. The van der Waals surface area contributed by atoms with Crippen molar-refractivity contribution in [3.63, 3.8) is 0 Å². The second-order valence-corrected chi connectivity index (χ2v) is 7.18. The van der Waals surface area contributed by atoms with Crippen LogP contribution in [0.2, 0.25) is 0 Å². The molecule has 1 amide bonds. The van der Waals surface area contributed by atoms with Crippen LogP contribution in [-0.4, -0.2) is 32.7 Å². The standard InChI is InChI=1S/C16H24N2O2S.ClH/c1-20-11-16(6-8-17-9-7-16)15(19)18-13-3-2-4-14-12(13)5-10-21-14;/h5,10,13,17H,2-4,6-9,11H2,1H3,(H,18,19);1H. The van der Waals surface area contributed by atoms with Crippen LogP contribution in [0.1, 0.15) is 42.2 Å². The predicted octanol–water partition coefficient (Wildman–Crippen LogP) is 2.68. The molecule has 3 rings (SSSR count). The molecule has 1 fully saturated rings. The molecule has 6 heteroatoms. The van der Waals surface area contributed by atoms with Crippen molar-refractivity contribution in [2.75, 3.05) is 26.8 Å². The number of hydrogen-bond acceptors (Lipinski definition) is 4. The highest BCUT2D eigenvalue weighted by Gasteiger charge is 2.40. The van der Waals surface area contributed by atoms with Gasteiger partial charge >= 0.3 is 0 Å². The van der Waals surface area contributed by atoms with Gasteiger partial charge < -0.3 is 15.4 Å². The summed E-state index contributed by atoms with van der Waals surface area (Å²) in [6.07, 6.45) is 5.09. The summed E-state index contributed by atoms with van der Waals surface area (Å²) < 4.78 is 5.36. The van der Waals surface area contributed by atoms with Crippen LogP contribution in [-0.2, 0) is 16.0 Å². The number of carbonyl (C=O) groups is 1. The van der Waals surface area contributed by atoms with Crippen molar-refractivity contribution < 1.29 is 9.53 Å². The van der Waals surface area contributed by atoms with E-state index in [1.54, 1.807) is 7.11 Å². The van der Waals surface area contributed by atoms with Crippen LogP contribution in [0.4, 0.5) is 0 Å². The Balaban J connectivity index is 0.00000176. The Bertz CT molecular complexity index is 495. The zero-order chi connectivity index (χ0) is 14.7. The van der Waals surface area contributed by atoms with Crippen LogP contribution < -0.4 is 10.6 Å². The zero-order valence-electron chi connectivity index (χ0n) is 13.0. The fourth-order valence-electron chi connectivity index (χ4n) is 3.57. The third-order valence-corrected chi connectivity index (χ3v) is 5.82. The average Bonchev–Trinajstić information content (AvgIpc) is 2.98.